The van der Waals surface area contributed by atoms with Gasteiger partial charge in [-0.05, 0) is 18.3 Å². The van der Waals surface area contributed by atoms with Gasteiger partial charge in [-0.15, -0.1) is 6.58 Å². The molecule has 1 fully saturated rings. The summed E-state index contributed by atoms with van der Waals surface area (Å²) in [7, 11) is 0. The minimum atomic E-state index is 0.874. The summed E-state index contributed by atoms with van der Waals surface area (Å²) in [4.78, 5) is 2.49. The van der Waals surface area contributed by atoms with E-state index in [0.717, 1.165) is 18.4 Å². The largest absolute Gasteiger partial charge is 0.299 e. The molecule has 0 bridgehead atoms. The third-order valence-electron chi connectivity index (χ3n) is 2.33. The van der Waals surface area contributed by atoms with Gasteiger partial charge in [0.2, 0.25) is 0 Å². The van der Waals surface area contributed by atoms with Crippen LogP contribution in [0.4, 0.5) is 0 Å². The van der Waals surface area contributed by atoms with Crippen molar-refractivity contribution in [3.05, 3.63) is 12.7 Å². The Hall–Kier alpha value is -0.300. The van der Waals surface area contributed by atoms with E-state index < -0.39 is 0 Å². The van der Waals surface area contributed by atoms with Gasteiger partial charge >= 0.3 is 0 Å². The Kier molecular flexibility index (Phi) is 3.13. The molecule has 0 spiro atoms. The van der Waals surface area contributed by atoms with E-state index in [1.165, 1.54) is 19.5 Å². The summed E-state index contributed by atoms with van der Waals surface area (Å²) in [6.07, 6.45) is 3.40. The maximum atomic E-state index is 3.76. The number of piperidine rings is 1. The molecular weight excluding hydrogens is 134 g/mol. The van der Waals surface area contributed by atoms with Crippen molar-refractivity contribution in [3.8, 4) is 0 Å². The minimum absolute atomic E-state index is 0.874. The SMILES string of the molecule is C=CCN1CC(C)CC(C)C1. The van der Waals surface area contributed by atoms with Crippen molar-refractivity contribution in [2.24, 2.45) is 11.8 Å². The van der Waals surface area contributed by atoms with Crippen LogP contribution in [0.25, 0.3) is 0 Å². The van der Waals surface area contributed by atoms with Crippen LogP contribution in [0.15, 0.2) is 12.7 Å². The minimum Gasteiger partial charge on any atom is -0.299 e. The first-order valence-electron chi connectivity index (χ1n) is 4.55. The fourth-order valence-corrected chi connectivity index (χ4v) is 2.12. The highest BCUT2D eigenvalue weighted by Crippen LogP contribution is 2.20. The summed E-state index contributed by atoms with van der Waals surface area (Å²) in [6, 6.07) is 0. The van der Waals surface area contributed by atoms with Crippen LogP contribution >= 0.6 is 0 Å². The highest BCUT2D eigenvalue weighted by molar-refractivity contribution is 4.80. The highest BCUT2D eigenvalue weighted by Gasteiger charge is 2.20. The van der Waals surface area contributed by atoms with Crippen molar-refractivity contribution >= 4 is 0 Å². The van der Waals surface area contributed by atoms with Gasteiger partial charge in [-0.1, -0.05) is 19.9 Å². The molecule has 0 aromatic carbocycles. The van der Waals surface area contributed by atoms with Gasteiger partial charge in [-0.2, -0.15) is 0 Å². The van der Waals surface area contributed by atoms with E-state index in [9.17, 15) is 0 Å². The lowest BCUT2D eigenvalue weighted by Gasteiger charge is -2.34. The first kappa shape index (κ1) is 8.79. The van der Waals surface area contributed by atoms with Gasteiger partial charge in [0.15, 0.2) is 0 Å². The van der Waals surface area contributed by atoms with Gasteiger partial charge in [-0.25, -0.2) is 0 Å². The lowest BCUT2D eigenvalue weighted by Crippen LogP contribution is -2.38. The fourth-order valence-electron chi connectivity index (χ4n) is 2.12. The molecule has 0 N–H and O–H groups in total. The molecule has 1 rings (SSSR count). The Morgan fingerprint density at radius 1 is 1.36 bits per heavy atom. The lowest BCUT2D eigenvalue weighted by atomic mass is 9.92. The molecule has 0 aliphatic carbocycles. The molecule has 0 aromatic heterocycles. The van der Waals surface area contributed by atoms with Gasteiger partial charge in [0.25, 0.3) is 0 Å². The van der Waals surface area contributed by atoms with E-state index in [1.807, 2.05) is 6.08 Å². The van der Waals surface area contributed by atoms with Crippen LogP contribution in [0.3, 0.4) is 0 Å². The number of rotatable bonds is 2. The van der Waals surface area contributed by atoms with Crippen molar-refractivity contribution in [3.63, 3.8) is 0 Å². The number of hydrogen-bond donors (Lipinski definition) is 0. The van der Waals surface area contributed by atoms with E-state index in [1.54, 1.807) is 0 Å². The Labute approximate surface area is 70.1 Å². The molecule has 1 aliphatic heterocycles. The van der Waals surface area contributed by atoms with E-state index in [2.05, 4.69) is 25.3 Å². The molecule has 1 nitrogen and oxygen atoms in total. The van der Waals surface area contributed by atoms with Gasteiger partial charge in [0, 0.05) is 19.6 Å². The van der Waals surface area contributed by atoms with E-state index in [-0.39, 0.29) is 0 Å². The second-order valence-electron chi connectivity index (χ2n) is 3.95. The van der Waals surface area contributed by atoms with Gasteiger partial charge in [-0.3, -0.25) is 4.90 Å². The summed E-state index contributed by atoms with van der Waals surface area (Å²) < 4.78 is 0. The summed E-state index contributed by atoms with van der Waals surface area (Å²) in [6.45, 7) is 12.0. The van der Waals surface area contributed by atoms with E-state index >= 15 is 0 Å². The van der Waals surface area contributed by atoms with Crippen molar-refractivity contribution in [2.75, 3.05) is 19.6 Å². The van der Waals surface area contributed by atoms with Crippen molar-refractivity contribution in [1.82, 2.24) is 4.90 Å². The molecule has 1 saturated heterocycles. The average molecular weight is 153 g/mol. The predicted molar refractivity (Wildman–Crippen MR) is 49.6 cm³/mol. The molecule has 1 heterocycles. The smallest absolute Gasteiger partial charge is 0.0160 e. The highest BCUT2D eigenvalue weighted by atomic mass is 15.1. The number of hydrogen-bond acceptors (Lipinski definition) is 1. The standard InChI is InChI=1S/C10H19N/c1-4-5-11-7-9(2)6-10(3)8-11/h4,9-10H,1,5-8H2,2-3H3. The normalized spacial score (nSPS) is 33.6. The molecule has 1 heteroatoms. The molecule has 64 valence electrons. The molecule has 11 heavy (non-hydrogen) atoms. The topological polar surface area (TPSA) is 3.24 Å². The summed E-state index contributed by atoms with van der Waals surface area (Å²) in [5.74, 6) is 1.75. The summed E-state index contributed by atoms with van der Waals surface area (Å²) in [5, 5.41) is 0. The monoisotopic (exact) mass is 153 g/mol. The molecule has 0 aromatic rings. The molecule has 2 atom stereocenters. The molecule has 0 radical (unpaired) electrons. The average Bonchev–Trinajstić information content (AvgIpc) is 1.85. The van der Waals surface area contributed by atoms with Crippen LogP contribution in [0.5, 0.6) is 0 Å². The van der Waals surface area contributed by atoms with Crippen LogP contribution in [0.1, 0.15) is 20.3 Å². The summed E-state index contributed by atoms with van der Waals surface area (Å²) in [5.41, 5.74) is 0. The van der Waals surface area contributed by atoms with Crippen LogP contribution in [-0.4, -0.2) is 24.5 Å². The Balaban J connectivity index is 2.36. The third kappa shape index (κ3) is 2.66. The Morgan fingerprint density at radius 2 is 1.91 bits per heavy atom. The zero-order chi connectivity index (χ0) is 8.27. The summed E-state index contributed by atoms with van der Waals surface area (Å²) >= 11 is 0. The quantitative estimate of drug-likeness (QED) is 0.549. The molecule has 0 saturated carbocycles. The number of nitrogens with zero attached hydrogens (tertiary/aromatic N) is 1. The second-order valence-corrected chi connectivity index (χ2v) is 3.95. The molecule has 0 amide bonds. The van der Waals surface area contributed by atoms with Gasteiger partial charge < -0.3 is 0 Å². The van der Waals surface area contributed by atoms with Gasteiger partial charge in [0.05, 0.1) is 0 Å². The zero-order valence-electron chi connectivity index (χ0n) is 7.71. The van der Waals surface area contributed by atoms with Crippen molar-refractivity contribution in [1.29, 1.82) is 0 Å². The van der Waals surface area contributed by atoms with Crippen LogP contribution in [0, 0.1) is 11.8 Å². The van der Waals surface area contributed by atoms with Crippen molar-refractivity contribution in [2.45, 2.75) is 20.3 Å². The van der Waals surface area contributed by atoms with Crippen LogP contribution in [0.2, 0.25) is 0 Å². The first-order valence-corrected chi connectivity index (χ1v) is 4.55. The van der Waals surface area contributed by atoms with Crippen LogP contribution in [-0.2, 0) is 0 Å². The Bertz CT molecular complexity index is 121. The van der Waals surface area contributed by atoms with Gasteiger partial charge in [0.1, 0.15) is 0 Å². The number of likely N-dealkylation sites (tertiary alicyclic amines) is 1. The van der Waals surface area contributed by atoms with Crippen LogP contribution < -0.4 is 0 Å². The fraction of sp³-hybridized carbons (Fsp3) is 0.800. The molecule has 2 unspecified atom stereocenters. The first-order chi connectivity index (χ1) is 5.22. The Morgan fingerprint density at radius 3 is 2.36 bits per heavy atom. The molecule has 1 aliphatic rings. The van der Waals surface area contributed by atoms with Crippen molar-refractivity contribution < 1.29 is 0 Å². The lowest BCUT2D eigenvalue weighted by molar-refractivity contribution is 0.155. The zero-order valence-corrected chi connectivity index (χ0v) is 7.71. The second kappa shape index (κ2) is 3.91. The van der Waals surface area contributed by atoms with E-state index in [4.69, 9.17) is 0 Å². The maximum Gasteiger partial charge on any atom is 0.0160 e. The third-order valence-corrected chi connectivity index (χ3v) is 2.33. The predicted octanol–water partition coefficient (Wildman–Crippen LogP) is 2.15. The van der Waals surface area contributed by atoms with E-state index in [0.29, 0.717) is 0 Å². The molecular formula is C10H19N. The maximum absolute atomic E-state index is 3.76.